The number of benzene rings is 1. The molecule has 3 aromatic rings. The zero-order chi connectivity index (χ0) is 17.2. The van der Waals surface area contributed by atoms with Gasteiger partial charge in [0.15, 0.2) is 0 Å². The van der Waals surface area contributed by atoms with Crippen LogP contribution in [0.2, 0.25) is 0 Å². The molecule has 2 aromatic heterocycles. The lowest BCUT2D eigenvalue weighted by Crippen LogP contribution is -2.15. The van der Waals surface area contributed by atoms with Crippen LogP contribution in [-0.2, 0) is 21.2 Å². The van der Waals surface area contributed by atoms with Crippen molar-refractivity contribution >= 4 is 44.3 Å². The van der Waals surface area contributed by atoms with Crippen molar-refractivity contribution in [3.8, 4) is 10.6 Å². The summed E-state index contributed by atoms with van der Waals surface area (Å²) in [5.41, 5.74) is 2.25. The van der Waals surface area contributed by atoms with Crippen molar-refractivity contribution in [1.82, 2.24) is 4.98 Å². The van der Waals surface area contributed by atoms with Crippen molar-refractivity contribution in [2.45, 2.75) is 11.3 Å². The van der Waals surface area contributed by atoms with Gasteiger partial charge in [-0.2, -0.15) is 11.3 Å². The second kappa shape index (κ2) is 6.81. The first-order valence-electron chi connectivity index (χ1n) is 6.81. The molecule has 0 aliphatic carbocycles. The molecule has 1 aromatic carbocycles. The minimum atomic E-state index is -3.74. The van der Waals surface area contributed by atoms with Crippen LogP contribution in [0.25, 0.3) is 10.6 Å². The molecule has 0 saturated carbocycles. The quantitative estimate of drug-likeness (QED) is 0.711. The summed E-state index contributed by atoms with van der Waals surface area (Å²) < 4.78 is 22.4. The maximum Gasteiger partial charge on any atom is 0.238 e. The van der Waals surface area contributed by atoms with Crippen LogP contribution in [0.5, 0.6) is 0 Å². The van der Waals surface area contributed by atoms with Gasteiger partial charge in [-0.15, -0.1) is 11.3 Å². The van der Waals surface area contributed by atoms with E-state index in [1.807, 2.05) is 22.2 Å². The first-order valence-corrected chi connectivity index (χ1v) is 10.2. The molecule has 0 radical (unpaired) electrons. The Bertz CT molecular complexity index is 946. The molecular weight excluding hydrogens is 366 g/mol. The maximum atomic E-state index is 12.1. The molecule has 0 aliphatic rings. The minimum Gasteiger partial charge on any atom is -0.326 e. The second-order valence-electron chi connectivity index (χ2n) is 4.95. The highest BCUT2D eigenvalue weighted by Crippen LogP contribution is 2.26. The van der Waals surface area contributed by atoms with Crippen molar-refractivity contribution in [2.75, 3.05) is 5.32 Å². The second-order valence-corrected chi connectivity index (χ2v) is 8.15. The third kappa shape index (κ3) is 4.06. The Hall–Kier alpha value is -2.07. The van der Waals surface area contributed by atoms with E-state index in [-0.39, 0.29) is 17.2 Å². The number of nitrogens with one attached hydrogen (secondary N) is 1. The highest BCUT2D eigenvalue weighted by molar-refractivity contribution is 7.89. The Kier molecular flexibility index (Phi) is 4.76. The van der Waals surface area contributed by atoms with Crippen molar-refractivity contribution in [3.63, 3.8) is 0 Å². The summed E-state index contributed by atoms with van der Waals surface area (Å²) >= 11 is 3.09. The van der Waals surface area contributed by atoms with Crippen LogP contribution >= 0.6 is 22.7 Å². The van der Waals surface area contributed by atoms with Gasteiger partial charge >= 0.3 is 0 Å². The number of anilines is 1. The molecule has 2 heterocycles. The molecule has 1 amide bonds. The molecule has 0 fully saturated rings. The molecule has 0 saturated heterocycles. The van der Waals surface area contributed by atoms with E-state index in [9.17, 15) is 13.2 Å². The van der Waals surface area contributed by atoms with E-state index in [0.717, 1.165) is 10.6 Å². The van der Waals surface area contributed by atoms with Crippen molar-refractivity contribution < 1.29 is 13.2 Å². The Balaban J connectivity index is 1.64. The van der Waals surface area contributed by atoms with Gasteiger partial charge in [0.1, 0.15) is 5.01 Å². The number of hydrogen-bond donors (Lipinski definition) is 2. The van der Waals surface area contributed by atoms with Crippen LogP contribution in [0, 0.1) is 0 Å². The van der Waals surface area contributed by atoms with E-state index in [4.69, 9.17) is 5.14 Å². The molecular formula is C15H13N3O3S3. The number of primary sulfonamides is 1. The number of thiophene rings is 1. The van der Waals surface area contributed by atoms with Gasteiger partial charge in [-0.25, -0.2) is 18.5 Å². The smallest absolute Gasteiger partial charge is 0.238 e. The lowest BCUT2D eigenvalue weighted by molar-refractivity contribution is -0.115. The van der Waals surface area contributed by atoms with E-state index in [0.29, 0.717) is 11.4 Å². The van der Waals surface area contributed by atoms with Gasteiger partial charge in [0.25, 0.3) is 0 Å². The summed E-state index contributed by atoms with van der Waals surface area (Å²) in [4.78, 5) is 16.5. The zero-order valence-electron chi connectivity index (χ0n) is 12.3. The fourth-order valence-electron chi connectivity index (χ4n) is 2.00. The highest BCUT2D eigenvalue weighted by Gasteiger charge is 2.11. The summed E-state index contributed by atoms with van der Waals surface area (Å²) in [6, 6.07) is 7.68. The third-order valence-corrected chi connectivity index (χ3v) is 5.68. The Morgan fingerprint density at radius 2 is 1.92 bits per heavy atom. The predicted molar refractivity (Wildman–Crippen MR) is 95.6 cm³/mol. The molecule has 124 valence electrons. The number of carbonyl (C=O) groups is 1. The number of nitrogens with two attached hydrogens (primary N) is 1. The first-order chi connectivity index (χ1) is 11.4. The number of amides is 1. The number of rotatable bonds is 5. The number of thiazole rings is 1. The molecule has 0 atom stereocenters. The third-order valence-electron chi connectivity index (χ3n) is 3.13. The number of aromatic nitrogens is 1. The van der Waals surface area contributed by atoms with Crippen LogP contribution in [0.4, 0.5) is 5.69 Å². The lowest BCUT2D eigenvalue weighted by Gasteiger charge is -2.05. The summed E-state index contributed by atoms with van der Waals surface area (Å²) in [5, 5.41) is 14.5. The van der Waals surface area contributed by atoms with Crippen LogP contribution in [0.1, 0.15) is 5.69 Å². The van der Waals surface area contributed by atoms with E-state index in [1.165, 1.54) is 35.6 Å². The summed E-state index contributed by atoms with van der Waals surface area (Å²) in [5.74, 6) is -0.222. The summed E-state index contributed by atoms with van der Waals surface area (Å²) in [6.45, 7) is 0. The van der Waals surface area contributed by atoms with Gasteiger partial charge in [-0.1, -0.05) is 0 Å². The lowest BCUT2D eigenvalue weighted by atomic mass is 10.3. The average Bonchev–Trinajstić information content (AvgIpc) is 3.17. The molecule has 0 spiro atoms. The molecule has 0 aliphatic heterocycles. The normalized spacial score (nSPS) is 11.4. The number of hydrogen-bond acceptors (Lipinski definition) is 6. The predicted octanol–water partition coefficient (Wildman–Crippen LogP) is 2.70. The number of sulfonamides is 1. The molecule has 6 nitrogen and oxygen atoms in total. The number of nitrogens with zero attached hydrogens (tertiary/aromatic N) is 1. The standard InChI is InChI=1S/C15H13N3O3S3/c16-24(20,21)13-3-1-11(2-4-13)17-14(19)7-12-9-23-15(18-12)10-5-6-22-8-10/h1-6,8-9H,7H2,(H,17,19)(H2,16,20,21). The average molecular weight is 379 g/mol. The SMILES string of the molecule is NS(=O)(=O)c1ccc(NC(=O)Cc2csc(-c3ccsc3)n2)cc1. The molecule has 3 rings (SSSR count). The number of carbonyl (C=O) groups excluding carboxylic acids is 1. The monoisotopic (exact) mass is 379 g/mol. The Morgan fingerprint density at radius 1 is 1.17 bits per heavy atom. The highest BCUT2D eigenvalue weighted by atomic mass is 32.2. The fourth-order valence-corrected chi connectivity index (χ4v) is 4.05. The Morgan fingerprint density at radius 3 is 2.54 bits per heavy atom. The van der Waals surface area contributed by atoms with Crippen LogP contribution < -0.4 is 10.5 Å². The van der Waals surface area contributed by atoms with E-state index >= 15 is 0 Å². The minimum absolute atomic E-state index is 0.000375. The van der Waals surface area contributed by atoms with Gasteiger partial charge < -0.3 is 5.32 Å². The molecule has 9 heteroatoms. The molecule has 0 unspecified atom stereocenters. The van der Waals surface area contributed by atoms with Gasteiger partial charge in [0.2, 0.25) is 15.9 Å². The van der Waals surface area contributed by atoms with E-state index in [1.54, 1.807) is 11.3 Å². The largest absolute Gasteiger partial charge is 0.326 e. The van der Waals surface area contributed by atoms with Crippen molar-refractivity contribution in [2.24, 2.45) is 5.14 Å². The van der Waals surface area contributed by atoms with Crippen molar-refractivity contribution in [1.29, 1.82) is 0 Å². The maximum absolute atomic E-state index is 12.1. The van der Waals surface area contributed by atoms with Crippen LogP contribution in [0.3, 0.4) is 0 Å². The van der Waals surface area contributed by atoms with Gasteiger partial charge in [0.05, 0.1) is 17.0 Å². The van der Waals surface area contributed by atoms with Crippen molar-refractivity contribution in [3.05, 3.63) is 52.2 Å². The first kappa shape index (κ1) is 16.8. The van der Waals surface area contributed by atoms with Gasteiger partial charge in [0, 0.05) is 22.0 Å². The van der Waals surface area contributed by atoms with E-state index in [2.05, 4.69) is 10.3 Å². The van der Waals surface area contributed by atoms with Gasteiger partial charge in [-0.05, 0) is 35.7 Å². The summed E-state index contributed by atoms with van der Waals surface area (Å²) in [7, 11) is -3.74. The van der Waals surface area contributed by atoms with Crippen LogP contribution in [0.15, 0.2) is 51.4 Å². The Labute approximate surface area is 147 Å². The van der Waals surface area contributed by atoms with Crippen LogP contribution in [-0.4, -0.2) is 19.3 Å². The van der Waals surface area contributed by atoms with Gasteiger partial charge in [-0.3, -0.25) is 4.79 Å². The summed E-state index contributed by atoms with van der Waals surface area (Å²) in [6.07, 6.45) is 0.150. The van der Waals surface area contributed by atoms with E-state index < -0.39 is 10.0 Å². The zero-order valence-corrected chi connectivity index (χ0v) is 14.7. The fraction of sp³-hybridized carbons (Fsp3) is 0.0667. The topological polar surface area (TPSA) is 102 Å². The molecule has 3 N–H and O–H groups in total. The molecule has 24 heavy (non-hydrogen) atoms. The molecule has 0 bridgehead atoms.